The fourth-order valence-corrected chi connectivity index (χ4v) is 4.02. The molecule has 1 aliphatic rings. The summed E-state index contributed by atoms with van der Waals surface area (Å²) in [7, 11) is 1.26. The van der Waals surface area contributed by atoms with Gasteiger partial charge in [0.15, 0.2) is 0 Å². The summed E-state index contributed by atoms with van der Waals surface area (Å²) in [5.74, 6) is -1.93. The maximum Gasteiger partial charge on any atom is 0.343 e. The van der Waals surface area contributed by atoms with Gasteiger partial charge in [0.2, 0.25) is 0 Å². The van der Waals surface area contributed by atoms with Crippen LogP contribution in [0.1, 0.15) is 37.4 Å². The van der Waals surface area contributed by atoms with Crippen LogP contribution >= 0.6 is 11.6 Å². The number of amides is 2. The van der Waals surface area contributed by atoms with Gasteiger partial charge in [0.1, 0.15) is 16.5 Å². The molecule has 1 N–H and O–H groups in total. The standard InChI is InChI=1S/C28H23ClN2O6/c1-15-13-16(2)17(3)22(14-15)37-28(35)19-5-9-20(10-6-19)30-24-23(29)25(32)31(26(24)33)21-11-7-18(8-12-21)27(34)36-4/h5-14,30H,1-4H3. The van der Waals surface area contributed by atoms with Gasteiger partial charge in [-0.3, -0.25) is 9.59 Å². The van der Waals surface area contributed by atoms with Gasteiger partial charge in [-0.05, 0) is 92.1 Å². The zero-order valence-corrected chi connectivity index (χ0v) is 21.3. The van der Waals surface area contributed by atoms with E-state index in [4.69, 9.17) is 16.3 Å². The summed E-state index contributed by atoms with van der Waals surface area (Å²) in [6, 6.07) is 15.9. The highest BCUT2D eigenvalue weighted by atomic mass is 35.5. The molecule has 0 unspecified atom stereocenters. The number of nitrogens with one attached hydrogen (secondary N) is 1. The molecule has 3 aromatic rings. The first-order valence-electron chi connectivity index (χ1n) is 11.2. The van der Waals surface area contributed by atoms with Crippen LogP contribution in [0.25, 0.3) is 0 Å². The van der Waals surface area contributed by atoms with Gasteiger partial charge in [-0.1, -0.05) is 17.7 Å². The van der Waals surface area contributed by atoms with Gasteiger partial charge < -0.3 is 14.8 Å². The van der Waals surface area contributed by atoms with Crippen molar-refractivity contribution in [2.75, 3.05) is 17.3 Å². The third kappa shape index (κ3) is 5.10. The van der Waals surface area contributed by atoms with E-state index in [1.165, 1.54) is 31.4 Å². The number of aryl methyl sites for hydroxylation is 2. The molecule has 0 radical (unpaired) electrons. The van der Waals surface area contributed by atoms with Gasteiger partial charge in [0, 0.05) is 5.69 Å². The van der Waals surface area contributed by atoms with Crippen LogP contribution in [-0.4, -0.2) is 30.9 Å². The molecule has 0 bridgehead atoms. The zero-order chi connectivity index (χ0) is 26.9. The molecule has 1 heterocycles. The first-order chi connectivity index (χ1) is 17.6. The summed E-state index contributed by atoms with van der Waals surface area (Å²) in [6.07, 6.45) is 0. The molecule has 0 atom stereocenters. The number of nitrogens with zero attached hydrogens (tertiary/aromatic N) is 1. The van der Waals surface area contributed by atoms with Crippen molar-refractivity contribution in [3.63, 3.8) is 0 Å². The fraction of sp³-hybridized carbons (Fsp3) is 0.143. The van der Waals surface area contributed by atoms with Crippen molar-refractivity contribution in [3.05, 3.63) is 99.2 Å². The Kier molecular flexibility index (Phi) is 7.13. The van der Waals surface area contributed by atoms with E-state index in [-0.39, 0.29) is 22.0 Å². The summed E-state index contributed by atoms with van der Waals surface area (Å²) >= 11 is 6.19. The van der Waals surface area contributed by atoms with Crippen LogP contribution in [-0.2, 0) is 14.3 Å². The number of anilines is 2. The Labute approximate surface area is 218 Å². The zero-order valence-electron chi connectivity index (χ0n) is 20.5. The van der Waals surface area contributed by atoms with Crippen LogP contribution in [0.4, 0.5) is 11.4 Å². The van der Waals surface area contributed by atoms with Gasteiger partial charge in [0.25, 0.3) is 11.8 Å². The van der Waals surface area contributed by atoms with E-state index in [1.807, 2.05) is 32.9 Å². The molecule has 0 saturated heterocycles. The third-order valence-electron chi connectivity index (χ3n) is 5.93. The largest absolute Gasteiger partial charge is 0.465 e. The maximum atomic E-state index is 13.0. The maximum absolute atomic E-state index is 13.0. The quantitative estimate of drug-likeness (QED) is 0.276. The number of esters is 2. The van der Waals surface area contributed by atoms with Crippen LogP contribution in [0.3, 0.4) is 0 Å². The Morgan fingerprint density at radius 2 is 1.43 bits per heavy atom. The number of benzene rings is 3. The number of halogens is 1. The Morgan fingerprint density at radius 1 is 0.838 bits per heavy atom. The lowest BCUT2D eigenvalue weighted by Gasteiger charge is -2.15. The third-order valence-corrected chi connectivity index (χ3v) is 6.28. The van der Waals surface area contributed by atoms with Crippen molar-refractivity contribution in [3.8, 4) is 5.75 Å². The molecule has 2 amide bonds. The highest BCUT2D eigenvalue weighted by Gasteiger charge is 2.39. The summed E-state index contributed by atoms with van der Waals surface area (Å²) < 4.78 is 10.2. The van der Waals surface area contributed by atoms with Crippen LogP contribution in [0.2, 0.25) is 0 Å². The number of carbonyl (C=O) groups excluding carboxylic acids is 4. The lowest BCUT2D eigenvalue weighted by Crippen LogP contribution is -2.32. The average Bonchev–Trinajstić information content (AvgIpc) is 3.09. The predicted octanol–water partition coefficient (Wildman–Crippen LogP) is 5.05. The summed E-state index contributed by atoms with van der Waals surface area (Å²) in [4.78, 5) is 50.9. The second-order valence-electron chi connectivity index (χ2n) is 8.47. The van der Waals surface area contributed by atoms with Crippen molar-refractivity contribution in [2.45, 2.75) is 20.8 Å². The SMILES string of the molecule is COC(=O)c1ccc(N2C(=O)C(Cl)=C(Nc3ccc(C(=O)Oc4cc(C)cc(C)c4C)cc3)C2=O)cc1. The minimum Gasteiger partial charge on any atom is -0.465 e. The highest BCUT2D eigenvalue weighted by Crippen LogP contribution is 2.31. The number of hydrogen-bond donors (Lipinski definition) is 1. The Hall–Kier alpha value is -4.43. The molecular formula is C28H23ClN2O6. The highest BCUT2D eigenvalue weighted by molar-refractivity contribution is 6.53. The molecule has 8 nitrogen and oxygen atoms in total. The summed E-state index contributed by atoms with van der Waals surface area (Å²) in [6.45, 7) is 5.77. The molecule has 188 valence electrons. The number of ether oxygens (including phenoxy) is 2. The van der Waals surface area contributed by atoms with E-state index in [1.54, 1.807) is 24.3 Å². The molecule has 4 rings (SSSR count). The molecule has 0 aliphatic carbocycles. The second-order valence-corrected chi connectivity index (χ2v) is 8.85. The van der Waals surface area contributed by atoms with Crippen molar-refractivity contribution < 1.29 is 28.7 Å². The summed E-state index contributed by atoms with van der Waals surface area (Å²) in [5.41, 5.74) is 4.06. The van der Waals surface area contributed by atoms with E-state index in [0.717, 1.165) is 21.6 Å². The van der Waals surface area contributed by atoms with Crippen LogP contribution in [0.15, 0.2) is 71.4 Å². The number of methoxy groups -OCH3 is 1. The normalized spacial score (nSPS) is 13.2. The molecule has 3 aromatic carbocycles. The molecule has 1 aliphatic heterocycles. The van der Waals surface area contributed by atoms with Gasteiger partial charge in [-0.25, -0.2) is 14.5 Å². The monoisotopic (exact) mass is 518 g/mol. The lowest BCUT2D eigenvalue weighted by molar-refractivity contribution is -0.120. The Balaban J connectivity index is 1.48. The van der Waals surface area contributed by atoms with Crippen LogP contribution in [0, 0.1) is 20.8 Å². The molecule has 0 aromatic heterocycles. The van der Waals surface area contributed by atoms with Crippen LogP contribution in [0.5, 0.6) is 5.75 Å². The first-order valence-corrected chi connectivity index (χ1v) is 11.6. The summed E-state index contributed by atoms with van der Waals surface area (Å²) in [5, 5.41) is 2.58. The minimum absolute atomic E-state index is 0.107. The average molecular weight is 519 g/mol. The molecule has 9 heteroatoms. The van der Waals surface area contributed by atoms with Crippen molar-refractivity contribution in [2.24, 2.45) is 0 Å². The molecular weight excluding hydrogens is 496 g/mol. The van der Waals surface area contributed by atoms with Gasteiger partial charge in [0.05, 0.1) is 23.9 Å². The number of hydrogen-bond acceptors (Lipinski definition) is 7. The molecule has 0 saturated carbocycles. The van der Waals surface area contributed by atoms with E-state index in [0.29, 0.717) is 17.0 Å². The lowest BCUT2D eigenvalue weighted by atomic mass is 10.1. The Bertz CT molecular complexity index is 1460. The number of imide groups is 1. The molecule has 37 heavy (non-hydrogen) atoms. The van der Waals surface area contributed by atoms with E-state index < -0.39 is 23.8 Å². The van der Waals surface area contributed by atoms with E-state index >= 15 is 0 Å². The number of carbonyl (C=O) groups is 4. The fourth-order valence-electron chi connectivity index (χ4n) is 3.81. The molecule has 0 fully saturated rings. The smallest absolute Gasteiger partial charge is 0.343 e. The van der Waals surface area contributed by atoms with Gasteiger partial charge >= 0.3 is 11.9 Å². The predicted molar refractivity (Wildman–Crippen MR) is 139 cm³/mol. The first kappa shape index (κ1) is 25.7. The van der Waals surface area contributed by atoms with E-state index in [2.05, 4.69) is 10.1 Å². The number of rotatable bonds is 6. The Morgan fingerprint density at radius 3 is 2.05 bits per heavy atom. The van der Waals surface area contributed by atoms with Crippen molar-refractivity contribution in [1.29, 1.82) is 0 Å². The second kappa shape index (κ2) is 10.3. The topological polar surface area (TPSA) is 102 Å². The van der Waals surface area contributed by atoms with Crippen molar-refractivity contribution >= 4 is 46.7 Å². The van der Waals surface area contributed by atoms with Gasteiger partial charge in [-0.15, -0.1) is 0 Å². The molecule has 0 spiro atoms. The van der Waals surface area contributed by atoms with Crippen LogP contribution < -0.4 is 15.0 Å². The minimum atomic E-state index is -0.705. The van der Waals surface area contributed by atoms with E-state index in [9.17, 15) is 19.2 Å². The van der Waals surface area contributed by atoms with Gasteiger partial charge in [-0.2, -0.15) is 0 Å². The van der Waals surface area contributed by atoms with Crippen molar-refractivity contribution in [1.82, 2.24) is 0 Å².